The first kappa shape index (κ1) is 18.2. The van der Waals surface area contributed by atoms with Crippen LogP contribution < -0.4 is 0 Å². The predicted molar refractivity (Wildman–Crippen MR) is 62.5 cm³/mol. The molecule has 0 saturated carbocycles. The zero-order valence-corrected chi connectivity index (χ0v) is 11.2. The third-order valence-electron chi connectivity index (χ3n) is 2.84. The summed E-state index contributed by atoms with van der Waals surface area (Å²) in [5.41, 5.74) is 0. The molecule has 0 radical (unpaired) electrons. The van der Waals surface area contributed by atoms with Gasteiger partial charge in [-0.3, -0.25) is 4.79 Å². The zero-order chi connectivity index (χ0) is 15.1. The minimum absolute atomic E-state index is 0.270. The molecule has 2 atom stereocenters. The van der Waals surface area contributed by atoms with Crippen LogP contribution in [0.25, 0.3) is 0 Å². The maximum Gasteiger partial charge on any atom is 0.443 e. The molecule has 0 fully saturated rings. The Hall–Kier alpha value is -0.820. The summed E-state index contributed by atoms with van der Waals surface area (Å²) >= 11 is 0. The third kappa shape index (κ3) is 4.99. The van der Waals surface area contributed by atoms with E-state index in [0.29, 0.717) is 19.3 Å². The number of alkyl halides is 3. The second-order valence-electron chi connectivity index (χ2n) is 4.43. The molecule has 0 rings (SSSR count). The molecule has 0 aliphatic rings. The number of carboxylic acid groups (broad SMARTS) is 1. The van der Waals surface area contributed by atoms with Crippen molar-refractivity contribution in [3.05, 3.63) is 0 Å². The molecule has 0 aliphatic heterocycles. The van der Waals surface area contributed by atoms with Crippen molar-refractivity contribution in [2.24, 2.45) is 5.92 Å². The standard InChI is InChI=1S/C12H21F3O4/c1-3-5-7-9(10(16)17)11(18,12(13,14)15)19-8-6-4-2/h9,18H,3-8H2,1-2H3,(H,16,17). The number of aliphatic carboxylic acids is 1. The van der Waals surface area contributed by atoms with Gasteiger partial charge in [-0.2, -0.15) is 13.2 Å². The topological polar surface area (TPSA) is 66.8 Å². The number of unbranched alkanes of at least 4 members (excludes halogenated alkanes) is 2. The molecule has 0 amide bonds. The molecule has 0 heterocycles. The van der Waals surface area contributed by atoms with Gasteiger partial charge in [0.05, 0.1) is 6.61 Å². The summed E-state index contributed by atoms with van der Waals surface area (Å²) in [5, 5.41) is 18.6. The quantitative estimate of drug-likeness (QED) is 0.505. The van der Waals surface area contributed by atoms with Crippen molar-refractivity contribution in [2.45, 2.75) is 57.9 Å². The Bertz CT molecular complexity index is 281. The van der Waals surface area contributed by atoms with Gasteiger partial charge in [0, 0.05) is 0 Å². The van der Waals surface area contributed by atoms with Crippen LogP contribution in [-0.4, -0.2) is 34.8 Å². The summed E-state index contributed by atoms with van der Waals surface area (Å²) in [7, 11) is 0. The van der Waals surface area contributed by atoms with Crippen LogP contribution in [0.5, 0.6) is 0 Å². The SMILES string of the molecule is CCCCOC(O)(C(CCCC)C(=O)O)C(F)(F)F. The Morgan fingerprint density at radius 2 is 1.74 bits per heavy atom. The average molecular weight is 286 g/mol. The molecular formula is C12H21F3O4. The number of hydrogen-bond donors (Lipinski definition) is 2. The van der Waals surface area contributed by atoms with Crippen LogP contribution in [0.3, 0.4) is 0 Å². The first-order chi connectivity index (χ1) is 8.70. The van der Waals surface area contributed by atoms with Crippen molar-refractivity contribution >= 4 is 5.97 Å². The van der Waals surface area contributed by atoms with E-state index in [9.17, 15) is 23.1 Å². The third-order valence-corrected chi connectivity index (χ3v) is 2.84. The molecule has 7 heteroatoms. The van der Waals surface area contributed by atoms with E-state index >= 15 is 0 Å². The van der Waals surface area contributed by atoms with Crippen LogP contribution in [0.4, 0.5) is 13.2 Å². The summed E-state index contributed by atoms with van der Waals surface area (Å²) in [6, 6.07) is 0. The van der Waals surface area contributed by atoms with E-state index in [1.54, 1.807) is 13.8 Å². The number of carbonyl (C=O) groups is 1. The minimum Gasteiger partial charge on any atom is -0.481 e. The van der Waals surface area contributed by atoms with Gasteiger partial charge in [-0.1, -0.05) is 33.1 Å². The minimum atomic E-state index is -5.14. The molecule has 0 aromatic heterocycles. The summed E-state index contributed by atoms with van der Waals surface area (Å²) in [5.74, 6) is -7.34. The van der Waals surface area contributed by atoms with E-state index in [4.69, 9.17) is 5.11 Å². The van der Waals surface area contributed by atoms with Crippen LogP contribution in [-0.2, 0) is 9.53 Å². The lowest BCUT2D eigenvalue weighted by Gasteiger charge is -2.35. The van der Waals surface area contributed by atoms with Gasteiger partial charge in [0.15, 0.2) is 0 Å². The number of aliphatic hydroxyl groups is 1. The van der Waals surface area contributed by atoms with Gasteiger partial charge >= 0.3 is 12.1 Å². The first-order valence-electron chi connectivity index (χ1n) is 6.36. The van der Waals surface area contributed by atoms with Crippen LogP contribution in [0.1, 0.15) is 46.0 Å². The van der Waals surface area contributed by atoms with Crippen molar-refractivity contribution in [3.8, 4) is 0 Å². The molecule has 0 bridgehead atoms. The van der Waals surface area contributed by atoms with Crippen molar-refractivity contribution in [1.29, 1.82) is 0 Å². The fraction of sp³-hybridized carbons (Fsp3) is 0.917. The number of hydrogen-bond acceptors (Lipinski definition) is 3. The molecule has 4 nitrogen and oxygen atoms in total. The van der Waals surface area contributed by atoms with Gasteiger partial charge in [-0.25, -0.2) is 0 Å². The van der Waals surface area contributed by atoms with Crippen molar-refractivity contribution in [3.63, 3.8) is 0 Å². The number of rotatable bonds is 9. The first-order valence-corrected chi connectivity index (χ1v) is 6.36. The zero-order valence-electron chi connectivity index (χ0n) is 11.2. The molecule has 0 spiro atoms. The normalized spacial score (nSPS) is 16.9. The molecule has 0 saturated heterocycles. The highest BCUT2D eigenvalue weighted by Crippen LogP contribution is 2.40. The fourth-order valence-electron chi connectivity index (χ4n) is 1.65. The summed E-state index contributed by atoms with van der Waals surface area (Å²) in [6.07, 6.45) is -3.72. The number of carboxylic acids is 1. The number of ether oxygens (including phenoxy) is 1. The average Bonchev–Trinajstić information content (AvgIpc) is 2.28. The highest BCUT2D eigenvalue weighted by Gasteiger charge is 2.62. The van der Waals surface area contributed by atoms with Gasteiger partial charge in [0.25, 0.3) is 5.79 Å². The summed E-state index contributed by atoms with van der Waals surface area (Å²) in [4.78, 5) is 11.0. The largest absolute Gasteiger partial charge is 0.481 e. The van der Waals surface area contributed by atoms with Crippen LogP contribution in [0, 0.1) is 5.92 Å². The van der Waals surface area contributed by atoms with E-state index in [-0.39, 0.29) is 19.4 Å². The van der Waals surface area contributed by atoms with Gasteiger partial charge in [-0.15, -0.1) is 0 Å². The molecule has 0 aliphatic carbocycles. The van der Waals surface area contributed by atoms with Crippen molar-refractivity contribution in [2.75, 3.05) is 6.61 Å². The lowest BCUT2D eigenvalue weighted by Crippen LogP contribution is -2.56. The molecule has 19 heavy (non-hydrogen) atoms. The Morgan fingerprint density at radius 3 is 2.11 bits per heavy atom. The molecule has 2 unspecified atom stereocenters. The number of halogens is 3. The van der Waals surface area contributed by atoms with Crippen LogP contribution in [0.2, 0.25) is 0 Å². The van der Waals surface area contributed by atoms with Gasteiger partial charge in [-0.05, 0) is 12.8 Å². The summed E-state index contributed by atoms with van der Waals surface area (Å²) < 4.78 is 43.3. The second kappa shape index (κ2) is 7.69. The predicted octanol–water partition coefficient (Wildman–Crippen LogP) is 2.95. The monoisotopic (exact) mass is 286 g/mol. The Kier molecular flexibility index (Phi) is 7.36. The molecule has 2 N–H and O–H groups in total. The van der Waals surface area contributed by atoms with E-state index in [1.165, 1.54) is 0 Å². The second-order valence-corrected chi connectivity index (χ2v) is 4.43. The van der Waals surface area contributed by atoms with Crippen LogP contribution >= 0.6 is 0 Å². The Morgan fingerprint density at radius 1 is 1.21 bits per heavy atom. The van der Waals surface area contributed by atoms with E-state index < -0.39 is 23.9 Å². The molecule has 0 aromatic carbocycles. The highest BCUT2D eigenvalue weighted by atomic mass is 19.4. The van der Waals surface area contributed by atoms with E-state index in [0.717, 1.165) is 0 Å². The van der Waals surface area contributed by atoms with Gasteiger partial charge in [0.1, 0.15) is 5.92 Å². The van der Waals surface area contributed by atoms with Gasteiger partial charge < -0.3 is 14.9 Å². The van der Waals surface area contributed by atoms with Crippen molar-refractivity contribution < 1.29 is 32.9 Å². The maximum absolute atomic E-state index is 12.9. The Labute approximate surface area is 110 Å². The molecule has 0 aromatic rings. The van der Waals surface area contributed by atoms with E-state index in [2.05, 4.69) is 4.74 Å². The highest BCUT2D eigenvalue weighted by molar-refractivity contribution is 5.71. The molecule has 114 valence electrons. The fourth-order valence-corrected chi connectivity index (χ4v) is 1.65. The van der Waals surface area contributed by atoms with Gasteiger partial charge in [0.2, 0.25) is 0 Å². The maximum atomic E-state index is 12.9. The van der Waals surface area contributed by atoms with E-state index in [1.807, 2.05) is 0 Å². The van der Waals surface area contributed by atoms with Crippen molar-refractivity contribution in [1.82, 2.24) is 0 Å². The van der Waals surface area contributed by atoms with Crippen LogP contribution in [0.15, 0.2) is 0 Å². The lowest BCUT2D eigenvalue weighted by molar-refractivity contribution is -0.383. The lowest BCUT2D eigenvalue weighted by atomic mass is 9.92. The molecular weight excluding hydrogens is 265 g/mol. The Balaban J connectivity index is 5.10. The smallest absolute Gasteiger partial charge is 0.443 e. The summed E-state index contributed by atoms with van der Waals surface area (Å²) in [6.45, 7) is 3.15.